The molecule has 19 heavy (non-hydrogen) atoms. The number of oxime groups is 1. The van der Waals surface area contributed by atoms with E-state index in [0.717, 1.165) is 12.1 Å². The van der Waals surface area contributed by atoms with Gasteiger partial charge in [-0.15, -0.1) is 0 Å². The lowest BCUT2D eigenvalue weighted by Gasteiger charge is -2.03. The van der Waals surface area contributed by atoms with Crippen LogP contribution < -0.4 is 0 Å². The molecule has 0 aliphatic rings. The van der Waals surface area contributed by atoms with Crippen LogP contribution in [0.15, 0.2) is 41.6 Å². The van der Waals surface area contributed by atoms with Crippen LogP contribution >= 0.6 is 0 Å². The summed E-state index contributed by atoms with van der Waals surface area (Å²) in [5, 5.41) is 14.5. The Morgan fingerprint density at radius 3 is 2.79 bits per heavy atom. The van der Waals surface area contributed by atoms with Gasteiger partial charge in [0.15, 0.2) is 0 Å². The first-order valence-electron chi connectivity index (χ1n) is 6.37. The van der Waals surface area contributed by atoms with Crippen molar-refractivity contribution in [2.75, 3.05) is 0 Å². The molecule has 1 N–H and O–H groups in total. The Balaban J connectivity index is 2.43. The van der Waals surface area contributed by atoms with Gasteiger partial charge >= 0.3 is 0 Å². The number of aryl methyl sites for hydroxylation is 1. The molecule has 0 saturated carbocycles. The molecular weight excluding hydrogens is 236 g/mol. The van der Waals surface area contributed by atoms with E-state index in [-0.39, 0.29) is 0 Å². The number of hydrogen-bond donors (Lipinski definition) is 1. The lowest BCUT2D eigenvalue weighted by atomic mass is 10.1. The van der Waals surface area contributed by atoms with Gasteiger partial charge in [-0.05, 0) is 49.7 Å². The van der Waals surface area contributed by atoms with Crippen LogP contribution in [0.2, 0.25) is 0 Å². The molecule has 3 nitrogen and oxygen atoms in total. The normalized spacial score (nSPS) is 12.4. The summed E-state index contributed by atoms with van der Waals surface area (Å²) in [6.07, 6.45) is 0. The summed E-state index contributed by atoms with van der Waals surface area (Å²) >= 11 is 0. The average molecular weight is 251 g/mol. The van der Waals surface area contributed by atoms with Crippen molar-refractivity contribution >= 4 is 27.5 Å². The molecule has 0 aliphatic heterocycles. The van der Waals surface area contributed by atoms with Gasteiger partial charge in [0, 0.05) is 28.4 Å². The van der Waals surface area contributed by atoms with E-state index in [4.69, 9.17) is 5.21 Å². The van der Waals surface area contributed by atoms with Crippen LogP contribution in [-0.4, -0.2) is 15.5 Å². The fourth-order valence-corrected chi connectivity index (χ4v) is 2.61. The molecule has 0 fully saturated rings. The smallest absolute Gasteiger partial charge is 0.0837 e. The number of benzene rings is 2. The van der Waals surface area contributed by atoms with E-state index < -0.39 is 0 Å². The van der Waals surface area contributed by atoms with E-state index in [9.17, 15) is 0 Å². The van der Waals surface area contributed by atoms with Crippen LogP contribution in [0.3, 0.4) is 0 Å². The summed E-state index contributed by atoms with van der Waals surface area (Å²) in [6, 6.07) is 15.3. The van der Waals surface area contributed by atoms with Gasteiger partial charge in [0.1, 0.15) is 0 Å². The minimum absolute atomic E-state index is 0.624. The number of aromatic nitrogens is 1. The topological polar surface area (TPSA) is 37.5 Å². The predicted molar refractivity (Wildman–Crippen MR) is 78.0 cm³/mol. The van der Waals surface area contributed by atoms with Crippen molar-refractivity contribution in [3.63, 3.8) is 0 Å². The second-order valence-electron chi connectivity index (χ2n) is 4.60. The van der Waals surface area contributed by atoms with Gasteiger partial charge in [-0.3, -0.25) is 0 Å². The predicted octanol–water partition coefficient (Wildman–Crippen LogP) is 3.81. The largest absolute Gasteiger partial charge is 0.411 e. The first-order valence-corrected chi connectivity index (χ1v) is 6.37. The molecule has 1 heterocycles. The van der Waals surface area contributed by atoms with Gasteiger partial charge < -0.3 is 9.77 Å². The zero-order valence-electron chi connectivity index (χ0n) is 11.0. The highest BCUT2D eigenvalue weighted by atomic mass is 16.4. The minimum Gasteiger partial charge on any atom is -0.411 e. The molecular formula is C16H15N2O. The van der Waals surface area contributed by atoms with Gasteiger partial charge in [-0.2, -0.15) is 0 Å². The van der Waals surface area contributed by atoms with Crippen molar-refractivity contribution in [2.45, 2.75) is 20.4 Å². The highest BCUT2D eigenvalue weighted by Gasteiger charge is 2.10. The third-order valence-corrected chi connectivity index (χ3v) is 3.59. The number of fused-ring (bicyclic) bond motifs is 3. The fourth-order valence-electron chi connectivity index (χ4n) is 2.61. The zero-order chi connectivity index (χ0) is 13.4. The Kier molecular flexibility index (Phi) is 2.75. The van der Waals surface area contributed by atoms with Crippen molar-refractivity contribution in [3.05, 3.63) is 48.0 Å². The highest BCUT2D eigenvalue weighted by molar-refractivity contribution is 6.11. The van der Waals surface area contributed by atoms with Crippen molar-refractivity contribution in [2.24, 2.45) is 5.16 Å². The maximum absolute atomic E-state index is 8.90. The Bertz CT molecular complexity index is 784. The number of rotatable bonds is 2. The fraction of sp³-hybridized carbons (Fsp3) is 0.188. The molecule has 1 radical (unpaired) electrons. The summed E-state index contributed by atoms with van der Waals surface area (Å²) in [5.74, 6) is 0. The van der Waals surface area contributed by atoms with E-state index in [2.05, 4.69) is 40.9 Å². The Hall–Kier alpha value is -2.29. The molecule has 0 bridgehead atoms. The Morgan fingerprint density at radius 1 is 1.26 bits per heavy atom. The van der Waals surface area contributed by atoms with Gasteiger partial charge in [-0.25, -0.2) is 0 Å². The molecule has 3 aromatic rings. The van der Waals surface area contributed by atoms with Crippen LogP contribution in [0.25, 0.3) is 21.8 Å². The van der Waals surface area contributed by atoms with Crippen molar-refractivity contribution in [1.82, 2.24) is 4.57 Å². The molecule has 0 unspecified atom stereocenters. The lowest BCUT2D eigenvalue weighted by Crippen LogP contribution is -1.95. The molecule has 0 atom stereocenters. The number of hydrogen-bond acceptors (Lipinski definition) is 2. The van der Waals surface area contributed by atoms with Crippen molar-refractivity contribution < 1.29 is 5.21 Å². The minimum atomic E-state index is 0.624. The molecule has 3 rings (SSSR count). The van der Waals surface area contributed by atoms with E-state index in [0.29, 0.717) is 5.71 Å². The first-order chi connectivity index (χ1) is 9.26. The van der Waals surface area contributed by atoms with E-state index in [1.54, 1.807) is 6.92 Å². The summed E-state index contributed by atoms with van der Waals surface area (Å²) < 4.78 is 2.29. The van der Waals surface area contributed by atoms with Gasteiger partial charge in [0.25, 0.3) is 0 Å². The Labute approximate surface area is 111 Å². The molecule has 95 valence electrons. The third kappa shape index (κ3) is 1.70. The monoisotopic (exact) mass is 251 g/mol. The highest BCUT2D eigenvalue weighted by Crippen LogP contribution is 2.29. The zero-order valence-corrected chi connectivity index (χ0v) is 11.0. The molecule has 1 aromatic heterocycles. The van der Waals surface area contributed by atoms with E-state index in [1.165, 1.54) is 21.8 Å². The van der Waals surface area contributed by atoms with Crippen LogP contribution in [0, 0.1) is 6.07 Å². The molecule has 2 aromatic carbocycles. The van der Waals surface area contributed by atoms with Crippen LogP contribution in [0.4, 0.5) is 0 Å². The van der Waals surface area contributed by atoms with Crippen molar-refractivity contribution in [1.29, 1.82) is 0 Å². The third-order valence-electron chi connectivity index (χ3n) is 3.59. The van der Waals surface area contributed by atoms with Gasteiger partial charge in [0.2, 0.25) is 0 Å². The second kappa shape index (κ2) is 4.43. The molecule has 0 saturated heterocycles. The summed E-state index contributed by atoms with van der Waals surface area (Å²) in [6.45, 7) is 4.87. The number of nitrogens with zero attached hydrogens (tertiary/aromatic N) is 2. The molecule has 0 spiro atoms. The molecule has 0 amide bonds. The van der Waals surface area contributed by atoms with Crippen LogP contribution in [0.1, 0.15) is 19.4 Å². The van der Waals surface area contributed by atoms with Crippen molar-refractivity contribution in [3.8, 4) is 0 Å². The second-order valence-corrected chi connectivity index (χ2v) is 4.60. The van der Waals surface area contributed by atoms with Gasteiger partial charge in [0.05, 0.1) is 5.71 Å². The summed E-state index contributed by atoms with van der Waals surface area (Å²) in [5.41, 5.74) is 3.98. The van der Waals surface area contributed by atoms with Gasteiger partial charge in [-0.1, -0.05) is 17.3 Å². The van der Waals surface area contributed by atoms with Crippen LogP contribution in [-0.2, 0) is 6.54 Å². The SMILES string of the molecule is CCn1c2cc[c]cc2c2cc(C(C)=NO)ccc21. The standard InChI is InChI=1S/C16H15N2O/c1-3-18-15-7-5-4-6-13(15)14-10-12(11(2)17-19)8-9-16(14)18/h5-10,19H,3H2,1-2H3. The molecule has 0 aliphatic carbocycles. The summed E-state index contributed by atoms with van der Waals surface area (Å²) in [4.78, 5) is 0. The Morgan fingerprint density at radius 2 is 2.05 bits per heavy atom. The quantitative estimate of drug-likeness (QED) is 0.419. The lowest BCUT2D eigenvalue weighted by molar-refractivity contribution is 0.319. The first kappa shape index (κ1) is 11.8. The van der Waals surface area contributed by atoms with E-state index >= 15 is 0 Å². The molecule has 3 heteroatoms. The maximum Gasteiger partial charge on any atom is 0.0837 e. The maximum atomic E-state index is 8.90. The van der Waals surface area contributed by atoms with Crippen LogP contribution in [0.5, 0.6) is 0 Å². The average Bonchev–Trinajstić information content (AvgIpc) is 2.79. The summed E-state index contributed by atoms with van der Waals surface area (Å²) in [7, 11) is 0. The van der Waals surface area contributed by atoms with E-state index in [1.807, 2.05) is 18.2 Å².